The van der Waals surface area contributed by atoms with Crippen LogP contribution in [0.4, 0.5) is 17.6 Å². The lowest BCUT2D eigenvalue weighted by molar-refractivity contribution is -0.137. The Hall–Kier alpha value is -3.03. The molecule has 144 valence electrons. The van der Waals surface area contributed by atoms with Crippen molar-refractivity contribution in [3.8, 4) is 5.82 Å². The summed E-state index contributed by atoms with van der Waals surface area (Å²) in [5.74, 6) is -0.414. The maximum Gasteiger partial charge on any atom is 0.416 e. The van der Waals surface area contributed by atoms with Gasteiger partial charge in [-0.15, -0.1) is 0 Å². The van der Waals surface area contributed by atoms with Gasteiger partial charge in [0.15, 0.2) is 11.6 Å². The molecule has 4 rings (SSSR count). The summed E-state index contributed by atoms with van der Waals surface area (Å²) in [5.41, 5.74) is 1.22. The number of fused-ring (bicyclic) bond motifs is 1. The van der Waals surface area contributed by atoms with Crippen LogP contribution in [0.25, 0.3) is 5.82 Å². The van der Waals surface area contributed by atoms with Crippen LogP contribution in [0, 0.1) is 5.82 Å². The highest BCUT2D eigenvalue weighted by atomic mass is 19.4. The predicted octanol–water partition coefficient (Wildman–Crippen LogP) is 4.54. The second kappa shape index (κ2) is 6.85. The highest BCUT2D eigenvalue weighted by Gasteiger charge is 2.31. The molecule has 1 aromatic carbocycles. The van der Waals surface area contributed by atoms with Crippen LogP contribution < -0.4 is 0 Å². The summed E-state index contributed by atoms with van der Waals surface area (Å²) in [7, 11) is 0. The molecule has 0 saturated heterocycles. The van der Waals surface area contributed by atoms with Crippen LogP contribution in [0.15, 0.2) is 42.7 Å². The summed E-state index contributed by atoms with van der Waals surface area (Å²) in [5, 5.41) is 4.25. The molecule has 0 fully saturated rings. The fraction of sp³-hybridized carbons (Fsp3) is 0.250. The molecule has 0 atom stereocenters. The first-order chi connectivity index (χ1) is 13.3. The van der Waals surface area contributed by atoms with Crippen LogP contribution >= 0.6 is 0 Å². The van der Waals surface area contributed by atoms with Crippen molar-refractivity contribution in [2.24, 2.45) is 0 Å². The van der Waals surface area contributed by atoms with Crippen molar-refractivity contribution in [3.05, 3.63) is 76.5 Å². The first-order valence-corrected chi connectivity index (χ1v) is 8.73. The van der Waals surface area contributed by atoms with E-state index in [1.54, 1.807) is 16.8 Å². The van der Waals surface area contributed by atoms with Gasteiger partial charge < -0.3 is 0 Å². The largest absolute Gasteiger partial charge is 0.416 e. The van der Waals surface area contributed by atoms with E-state index in [4.69, 9.17) is 0 Å². The zero-order valence-corrected chi connectivity index (χ0v) is 14.6. The summed E-state index contributed by atoms with van der Waals surface area (Å²) in [4.78, 5) is 16.2. The fourth-order valence-electron chi connectivity index (χ4n) is 3.43. The van der Waals surface area contributed by atoms with Gasteiger partial charge in [-0.25, -0.2) is 14.1 Å². The molecule has 0 bridgehead atoms. The summed E-state index contributed by atoms with van der Waals surface area (Å²) in [6.07, 6.45) is 0.472. The Morgan fingerprint density at radius 1 is 1.07 bits per heavy atom. The number of Topliss-reactive ketones (excluding diaryl/α,β-unsaturated/α-hetero) is 1. The van der Waals surface area contributed by atoms with Gasteiger partial charge in [0.25, 0.3) is 0 Å². The molecular formula is C20H15F4N3O. The normalized spacial score (nSPS) is 14.2. The molecule has 0 saturated carbocycles. The van der Waals surface area contributed by atoms with E-state index in [2.05, 4.69) is 10.1 Å². The topological polar surface area (TPSA) is 47.8 Å². The van der Waals surface area contributed by atoms with Crippen molar-refractivity contribution in [1.82, 2.24) is 14.8 Å². The summed E-state index contributed by atoms with van der Waals surface area (Å²) >= 11 is 0. The minimum absolute atomic E-state index is 0.0445. The average Bonchev–Trinajstić information content (AvgIpc) is 3.06. The molecule has 0 N–H and O–H groups in total. The van der Waals surface area contributed by atoms with Gasteiger partial charge >= 0.3 is 6.18 Å². The smallest absolute Gasteiger partial charge is 0.294 e. The summed E-state index contributed by atoms with van der Waals surface area (Å²) in [6, 6.07) is 5.85. The van der Waals surface area contributed by atoms with Crippen LogP contribution in [0.2, 0.25) is 0 Å². The van der Waals surface area contributed by atoms with Crippen molar-refractivity contribution in [2.45, 2.75) is 31.9 Å². The van der Waals surface area contributed by atoms with Crippen molar-refractivity contribution < 1.29 is 22.4 Å². The van der Waals surface area contributed by atoms with Gasteiger partial charge in [-0.1, -0.05) is 0 Å². The monoisotopic (exact) mass is 389 g/mol. The van der Waals surface area contributed by atoms with Crippen molar-refractivity contribution in [2.75, 3.05) is 0 Å². The zero-order valence-electron chi connectivity index (χ0n) is 14.6. The van der Waals surface area contributed by atoms with Gasteiger partial charge in [-0.05, 0) is 60.7 Å². The van der Waals surface area contributed by atoms with E-state index in [0.29, 0.717) is 35.9 Å². The molecule has 1 aliphatic carbocycles. The fourth-order valence-corrected chi connectivity index (χ4v) is 3.43. The lowest BCUT2D eigenvalue weighted by Crippen LogP contribution is -2.13. The van der Waals surface area contributed by atoms with E-state index >= 15 is 0 Å². The van der Waals surface area contributed by atoms with Gasteiger partial charge in [-0.2, -0.15) is 18.3 Å². The third-order valence-corrected chi connectivity index (χ3v) is 4.71. The maximum atomic E-state index is 13.6. The highest BCUT2D eigenvalue weighted by Crippen LogP contribution is 2.31. The van der Waals surface area contributed by atoms with E-state index < -0.39 is 17.6 Å². The van der Waals surface area contributed by atoms with Crippen LogP contribution in [0.1, 0.15) is 45.6 Å². The molecule has 3 aromatic rings. The van der Waals surface area contributed by atoms with Crippen molar-refractivity contribution in [1.29, 1.82) is 0 Å². The first-order valence-electron chi connectivity index (χ1n) is 8.73. The molecule has 2 aromatic heterocycles. The minimum atomic E-state index is -4.61. The average molecular weight is 389 g/mol. The third-order valence-electron chi connectivity index (χ3n) is 4.71. The van der Waals surface area contributed by atoms with E-state index in [9.17, 15) is 22.4 Å². The second-order valence-electron chi connectivity index (χ2n) is 6.74. The van der Waals surface area contributed by atoms with Crippen LogP contribution in [0.5, 0.6) is 0 Å². The van der Waals surface area contributed by atoms with E-state index in [-0.39, 0.29) is 17.8 Å². The number of halogens is 4. The number of pyridine rings is 1. The zero-order chi connectivity index (χ0) is 19.9. The lowest BCUT2D eigenvalue weighted by atomic mass is 9.97. The quantitative estimate of drug-likeness (QED) is 0.618. The Morgan fingerprint density at radius 3 is 2.68 bits per heavy atom. The van der Waals surface area contributed by atoms with Gasteiger partial charge in [0.05, 0.1) is 23.0 Å². The van der Waals surface area contributed by atoms with Gasteiger partial charge in [0.2, 0.25) is 0 Å². The van der Waals surface area contributed by atoms with Gasteiger partial charge in [-0.3, -0.25) is 4.79 Å². The molecule has 28 heavy (non-hydrogen) atoms. The molecule has 8 heteroatoms. The SMILES string of the molecule is O=C1CCCc2c1cnn2-c1cc(Cc2cc(F)cc(C(F)(F)F)c2)ccn1. The molecule has 1 aliphatic rings. The number of ketones is 1. The predicted molar refractivity (Wildman–Crippen MR) is 92.8 cm³/mol. The van der Waals surface area contributed by atoms with E-state index in [1.165, 1.54) is 12.4 Å². The third kappa shape index (κ3) is 3.54. The number of rotatable bonds is 3. The molecule has 0 unspecified atom stereocenters. The van der Waals surface area contributed by atoms with E-state index in [0.717, 1.165) is 24.2 Å². The van der Waals surface area contributed by atoms with Crippen molar-refractivity contribution >= 4 is 5.78 Å². The number of hydrogen-bond acceptors (Lipinski definition) is 3. The molecule has 0 radical (unpaired) electrons. The number of alkyl halides is 3. The van der Waals surface area contributed by atoms with Crippen LogP contribution in [0.3, 0.4) is 0 Å². The Balaban J connectivity index is 1.66. The lowest BCUT2D eigenvalue weighted by Gasteiger charge is -2.13. The van der Waals surface area contributed by atoms with Crippen molar-refractivity contribution in [3.63, 3.8) is 0 Å². The maximum absolute atomic E-state index is 13.6. The standard InChI is InChI=1S/C20H15F4N3O/c21-15-8-13(7-14(10-15)20(22,23)24)6-12-4-5-25-19(9-12)27-17-2-1-3-18(28)16(17)11-26-27/h4-5,7-11H,1-3,6H2. The molecule has 4 nitrogen and oxygen atoms in total. The minimum Gasteiger partial charge on any atom is -0.294 e. The second-order valence-corrected chi connectivity index (χ2v) is 6.74. The number of carbonyl (C=O) groups is 1. The first kappa shape index (κ1) is 18.3. The molecule has 0 amide bonds. The number of benzene rings is 1. The van der Waals surface area contributed by atoms with Gasteiger partial charge in [0, 0.05) is 12.6 Å². The van der Waals surface area contributed by atoms with Crippen LogP contribution in [-0.4, -0.2) is 20.5 Å². The van der Waals surface area contributed by atoms with Gasteiger partial charge in [0.1, 0.15) is 5.82 Å². The Morgan fingerprint density at radius 2 is 1.89 bits per heavy atom. The Bertz CT molecular complexity index is 1060. The Labute approximate surface area is 157 Å². The number of aromatic nitrogens is 3. The van der Waals surface area contributed by atoms with Crippen LogP contribution in [-0.2, 0) is 19.0 Å². The molecule has 0 spiro atoms. The highest BCUT2D eigenvalue weighted by molar-refractivity contribution is 5.97. The summed E-state index contributed by atoms with van der Waals surface area (Å²) in [6.45, 7) is 0. The Kier molecular flexibility index (Phi) is 4.49. The van der Waals surface area contributed by atoms with E-state index in [1.807, 2.05) is 0 Å². The molecular weight excluding hydrogens is 374 g/mol. The number of hydrogen-bond donors (Lipinski definition) is 0. The number of carbonyl (C=O) groups excluding carboxylic acids is 1. The molecule has 0 aliphatic heterocycles. The summed E-state index contributed by atoms with van der Waals surface area (Å²) < 4.78 is 54.0. The molecule has 2 heterocycles. The number of nitrogens with zero attached hydrogens (tertiary/aromatic N) is 3.